The van der Waals surface area contributed by atoms with E-state index < -0.39 is 0 Å². The first-order valence-electron chi connectivity index (χ1n) is 6.65. The maximum absolute atomic E-state index is 3.50. The minimum atomic E-state index is 0. The SMILES string of the molecule is Cc1cc2c(c(-c3ccccc3)c1C)CNCC2.Cl. The molecule has 0 spiro atoms. The summed E-state index contributed by atoms with van der Waals surface area (Å²) in [6.07, 6.45) is 1.15. The van der Waals surface area contributed by atoms with E-state index in [1.54, 1.807) is 0 Å². The van der Waals surface area contributed by atoms with Crippen molar-refractivity contribution in [3.63, 3.8) is 0 Å². The highest BCUT2D eigenvalue weighted by molar-refractivity contribution is 5.85. The summed E-state index contributed by atoms with van der Waals surface area (Å²) in [6.45, 7) is 6.57. The molecule has 0 atom stereocenters. The van der Waals surface area contributed by atoms with Crippen LogP contribution in [0.5, 0.6) is 0 Å². The lowest BCUT2D eigenvalue weighted by Gasteiger charge is -2.24. The van der Waals surface area contributed by atoms with Gasteiger partial charge in [-0.3, -0.25) is 0 Å². The van der Waals surface area contributed by atoms with E-state index in [4.69, 9.17) is 0 Å². The van der Waals surface area contributed by atoms with Crippen molar-refractivity contribution in [3.05, 3.63) is 58.7 Å². The number of benzene rings is 2. The summed E-state index contributed by atoms with van der Waals surface area (Å²) in [4.78, 5) is 0. The Kier molecular flexibility index (Phi) is 4.28. The van der Waals surface area contributed by atoms with Crippen molar-refractivity contribution in [2.24, 2.45) is 0 Å². The van der Waals surface area contributed by atoms with E-state index >= 15 is 0 Å². The minimum absolute atomic E-state index is 0. The predicted octanol–water partition coefficient (Wildman–Crippen LogP) is 4.04. The predicted molar refractivity (Wildman–Crippen MR) is 84.0 cm³/mol. The zero-order valence-corrected chi connectivity index (χ0v) is 12.3. The lowest BCUT2D eigenvalue weighted by atomic mass is 9.86. The van der Waals surface area contributed by atoms with Gasteiger partial charge < -0.3 is 5.32 Å². The molecule has 2 aromatic carbocycles. The first-order valence-corrected chi connectivity index (χ1v) is 6.65. The Labute approximate surface area is 121 Å². The molecule has 0 aliphatic carbocycles. The van der Waals surface area contributed by atoms with Crippen molar-refractivity contribution in [3.8, 4) is 11.1 Å². The van der Waals surface area contributed by atoms with Gasteiger partial charge in [-0.25, -0.2) is 0 Å². The number of rotatable bonds is 1. The van der Waals surface area contributed by atoms with Gasteiger partial charge in [-0.05, 0) is 60.2 Å². The molecule has 1 aliphatic rings. The quantitative estimate of drug-likeness (QED) is 0.827. The van der Waals surface area contributed by atoms with Crippen LogP contribution < -0.4 is 5.32 Å². The molecule has 0 bridgehead atoms. The molecule has 1 heterocycles. The lowest BCUT2D eigenvalue weighted by molar-refractivity contribution is 0.644. The van der Waals surface area contributed by atoms with Crippen LogP contribution in [0.25, 0.3) is 11.1 Å². The van der Waals surface area contributed by atoms with Crippen LogP contribution in [0.3, 0.4) is 0 Å². The van der Waals surface area contributed by atoms with Crippen LogP contribution in [0, 0.1) is 13.8 Å². The van der Waals surface area contributed by atoms with Crippen LogP contribution in [-0.4, -0.2) is 6.54 Å². The molecule has 100 valence electrons. The first kappa shape index (κ1) is 14.1. The van der Waals surface area contributed by atoms with Crippen LogP contribution in [0.15, 0.2) is 36.4 Å². The molecule has 0 saturated heterocycles. The van der Waals surface area contributed by atoms with Gasteiger partial charge in [0.15, 0.2) is 0 Å². The molecule has 0 amide bonds. The fourth-order valence-electron chi connectivity index (χ4n) is 2.90. The Morgan fingerprint density at radius 2 is 1.79 bits per heavy atom. The molecule has 2 aromatic rings. The van der Waals surface area contributed by atoms with Gasteiger partial charge in [-0.1, -0.05) is 36.4 Å². The van der Waals surface area contributed by atoms with Crippen molar-refractivity contribution in [1.29, 1.82) is 0 Å². The van der Waals surface area contributed by atoms with E-state index in [1.807, 2.05) is 0 Å². The maximum Gasteiger partial charge on any atom is 0.0214 e. The van der Waals surface area contributed by atoms with E-state index in [2.05, 4.69) is 55.6 Å². The van der Waals surface area contributed by atoms with Gasteiger partial charge in [-0.2, -0.15) is 0 Å². The Bertz CT molecular complexity index is 576. The first-order chi connectivity index (χ1) is 8.77. The van der Waals surface area contributed by atoms with Gasteiger partial charge in [0.2, 0.25) is 0 Å². The highest BCUT2D eigenvalue weighted by atomic mass is 35.5. The smallest absolute Gasteiger partial charge is 0.0214 e. The Morgan fingerprint density at radius 3 is 2.53 bits per heavy atom. The molecule has 0 fully saturated rings. The highest BCUT2D eigenvalue weighted by Crippen LogP contribution is 2.33. The average Bonchev–Trinajstić information content (AvgIpc) is 2.41. The van der Waals surface area contributed by atoms with E-state index in [1.165, 1.54) is 33.4 Å². The van der Waals surface area contributed by atoms with Gasteiger partial charge in [0.05, 0.1) is 0 Å². The van der Waals surface area contributed by atoms with Crippen LogP contribution >= 0.6 is 12.4 Å². The number of halogens is 1. The van der Waals surface area contributed by atoms with Gasteiger partial charge in [-0.15, -0.1) is 12.4 Å². The molecule has 1 N–H and O–H groups in total. The van der Waals surface area contributed by atoms with Crippen LogP contribution in [0.1, 0.15) is 22.3 Å². The molecule has 3 rings (SSSR count). The molecular weight excluding hydrogens is 254 g/mol. The molecule has 1 aliphatic heterocycles. The Morgan fingerprint density at radius 1 is 1.05 bits per heavy atom. The monoisotopic (exact) mass is 273 g/mol. The van der Waals surface area contributed by atoms with Gasteiger partial charge in [0.1, 0.15) is 0 Å². The van der Waals surface area contributed by atoms with Gasteiger partial charge >= 0.3 is 0 Å². The van der Waals surface area contributed by atoms with Gasteiger partial charge in [0, 0.05) is 6.54 Å². The summed E-state index contributed by atoms with van der Waals surface area (Å²) in [5.41, 5.74) is 8.64. The number of hydrogen-bond acceptors (Lipinski definition) is 1. The molecular formula is C17H20ClN. The second kappa shape index (κ2) is 5.77. The number of fused-ring (bicyclic) bond motifs is 1. The molecule has 1 nitrogen and oxygen atoms in total. The third kappa shape index (κ3) is 2.54. The van der Waals surface area contributed by atoms with E-state index in [0.717, 1.165) is 19.5 Å². The maximum atomic E-state index is 3.50. The van der Waals surface area contributed by atoms with Crippen molar-refractivity contribution in [1.82, 2.24) is 5.32 Å². The summed E-state index contributed by atoms with van der Waals surface area (Å²) >= 11 is 0. The summed E-state index contributed by atoms with van der Waals surface area (Å²) in [5.74, 6) is 0. The second-order valence-electron chi connectivity index (χ2n) is 5.12. The lowest BCUT2D eigenvalue weighted by Crippen LogP contribution is -2.24. The Balaban J connectivity index is 0.00000133. The zero-order chi connectivity index (χ0) is 12.5. The fourth-order valence-corrected chi connectivity index (χ4v) is 2.90. The summed E-state index contributed by atoms with van der Waals surface area (Å²) in [5, 5.41) is 3.50. The van der Waals surface area contributed by atoms with Crippen molar-refractivity contribution in [2.45, 2.75) is 26.8 Å². The minimum Gasteiger partial charge on any atom is -0.312 e. The fraction of sp³-hybridized carbons (Fsp3) is 0.294. The molecule has 0 radical (unpaired) electrons. The molecule has 19 heavy (non-hydrogen) atoms. The van der Waals surface area contributed by atoms with E-state index in [-0.39, 0.29) is 12.4 Å². The van der Waals surface area contributed by atoms with Crippen molar-refractivity contribution < 1.29 is 0 Å². The normalized spacial score (nSPS) is 13.6. The summed E-state index contributed by atoms with van der Waals surface area (Å²) in [6, 6.07) is 13.1. The average molecular weight is 274 g/mol. The van der Waals surface area contributed by atoms with Crippen LogP contribution in [0.2, 0.25) is 0 Å². The molecule has 0 aromatic heterocycles. The summed E-state index contributed by atoms with van der Waals surface area (Å²) < 4.78 is 0. The zero-order valence-electron chi connectivity index (χ0n) is 11.5. The van der Waals surface area contributed by atoms with Crippen molar-refractivity contribution in [2.75, 3.05) is 6.54 Å². The van der Waals surface area contributed by atoms with E-state index in [0.29, 0.717) is 0 Å². The van der Waals surface area contributed by atoms with Crippen LogP contribution in [-0.2, 0) is 13.0 Å². The van der Waals surface area contributed by atoms with E-state index in [9.17, 15) is 0 Å². The topological polar surface area (TPSA) is 12.0 Å². The number of hydrogen-bond donors (Lipinski definition) is 1. The molecule has 0 saturated carbocycles. The third-order valence-corrected chi connectivity index (χ3v) is 3.98. The highest BCUT2D eigenvalue weighted by Gasteiger charge is 2.17. The summed E-state index contributed by atoms with van der Waals surface area (Å²) in [7, 11) is 0. The third-order valence-electron chi connectivity index (χ3n) is 3.98. The molecule has 2 heteroatoms. The largest absolute Gasteiger partial charge is 0.312 e. The Hall–Kier alpha value is -1.31. The standard InChI is InChI=1S/C17H19N.ClH/c1-12-10-15-8-9-18-11-16(15)17(13(12)2)14-6-4-3-5-7-14;/h3-7,10,18H,8-9,11H2,1-2H3;1H. The molecule has 0 unspecified atom stereocenters. The number of nitrogens with one attached hydrogen (secondary N) is 1. The van der Waals surface area contributed by atoms with Gasteiger partial charge in [0.25, 0.3) is 0 Å². The second-order valence-corrected chi connectivity index (χ2v) is 5.12. The number of aryl methyl sites for hydroxylation is 1. The van der Waals surface area contributed by atoms with Crippen molar-refractivity contribution >= 4 is 12.4 Å². The van der Waals surface area contributed by atoms with Crippen LogP contribution in [0.4, 0.5) is 0 Å².